The van der Waals surface area contributed by atoms with E-state index >= 15 is 0 Å². The molecule has 3 rings (SSSR count). The Kier molecular flexibility index (Phi) is 6.85. The molecule has 2 amide bonds. The minimum absolute atomic E-state index is 0.0660. The smallest absolute Gasteiger partial charge is 0.243 e. The fourth-order valence-corrected chi connectivity index (χ4v) is 2.92. The number of halogens is 1. The molecule has 0 unspecified atom stereocenters. The number of nitrogens with zero attached hydrogens (tertiary/aromatic N) is 1. The Bertz CT molecular complexity index is 1010. The van der Waals surface area contributed by atoms with Crippen LogP contribution in [-0.2, 0) is 16.0 Å². The molecule has 0 saturated carbocycles. The number of amides is 2. The Labute approximate surface area is 174 Å². The van der Waals surface area contributed by atoms with Crippen molar-refractivity contribution in [2.45, 2.75) is 12.8 Å². The van der Waals surface area contributed by atoms with E-state index in [2.05, 4.69) is 5.32 Å². The molecule has 30 heavy (non-hydrogen) atoms. The van der Waals surface area contributed by atoms with E-state index in [4.69, 9.17) is 9.15 Å². The summed E-state index contributed by atoms with van der Waals surface area (Å²) in [5, 5.41) is 2.74. The molecule has 0 bridgehead atoms. The SMILES string of the molecule is COc1ccc(NC(=O)CN(C)C(=O)CCc2ccc(-c3ccccc3F)o2)cc1. The fraction of sp³-hybridized carbons (Fsp3) is 0.217. The predicted molar refractivity (Wildman–Crippen MR) is 112 cm³/mol. The van der Waals surface area contributed by atoms with Crippen molar-refractivity contribution >= 4 is 17.5 Å². The van der Waals surface area contributed by atoms with Crippen molar-refractivity contribution in [3.8, 4) is 17.1 Å². The van der Waals surface area contributed by atoms with Gasteiger partial charge in [-0.25, -0.2) is 4.39 Å². The summed E-state index contributed by atoms with van der Waals surface area (Å²) in [5.41, 5.74) is 1.00. The number of nitrogens with one attached hydrogen (secondary N) is 1. The van der Waals surface area contributed by atoms with Crippen molar-refractivity contribution < 1.29 is 23.1 Å². The van der Waals surface area contributed by atoms with Gasteiger partial charge in [0.05, 0.1) is 19.2 Å². The predicted octanol–water partition coefficient (Wildman–Crippen LogP) is 4.12. The zero-order chi connectivity index (χ0) is 21.5. The number of benzene rings is 2. The van der Waals surface area contributed by atoms with Gasteiger partial charge in [-0.05, 0) is 48.5 Å². The minimum Gasteiger partial charge on any atom is -0.497 e. The Morgan fingerprint density at radius 2 is 1.80 bits per heavy atom. The number of carbonyl (C=O) groups is 2. The third-order valence-electron chi connectivity index (χ3n) is 4.57. The Morgan fingerprint density at radius 1 is 1.07 bits per heavy atom. The van der Waals surface area contributed by atoms with Gasteiger partial charge < -0.3 is 19.4 Å². The normalized spacial score (nSPS) is 10.5. The molecular weight excluding hydrogens is 387 g/mol. The topological polar surface area (TPSA) is 71.8 Å². The number of aryl methyl sites for hydroxylation is 1. The molecule has 2 aromatic carbocycles. The summed E-state index contributed by atoms with van der Waals surface area (Å²) in [7, 11) is 3.14. The summed E-state index contributed by atoms with van der Waals surface area (Å²) in [6.45, 7) is -0.0660. The van der Waals surface area contributed by atoms with Crippen molar-refractivity contribution in [1.82, 2.24) is 4.90 Å². The van der Waals surface area contributed by atoms with E-state index in [9.17, 15) is 14.0 Å². The van der Waals surface area contributed by atoms with Gasteiger partial charge in [-0.3, -0.25) is 9.59 Å². The molecule has 7 heteroatoms. The van der Waals surface area contributed by atoms with Crippen LogP contribution in [0.25, 0.3) is 11.3 Å². The molecule has 1 heterocycles. The molecule has 0 fully saturated rings. The average Bonchev–Trinajstić information content (AvgIpc) is 3.21. The van der Waals surface area contributed by atoms with Crippen LogP contribution in [0.2, 0.25) is 0 Å². The first-order valence-corrected chi connectivity index (χ1v) is 9.47. The van der Waals surface area contributed by atoms with E-state index in [1.54, 1.807) is 68.8 Å². The molecule has 156 valence electrons. The van der Waals surface area contributed by atoms with Crippen LogP contribution in [0.5, 0.6) is 5.75 Å². The van der Waals surface area contributed by atoms with Crippen LogP contribution >= 0.6 is 0 Å². The highest BCUT2D eigenvalue weighted by atomic mass is 19.1. The van der Waals surface area contributed by atoms with Crippen LogP contribution in [-0.4, -0.2) is 37.4 Å². The number of carbonyl (C=O) groups excluding carboxylic acids is 2. The maximum atomic E-state index is 13.9. The van der Waals surface area contributed by atoms with Crippen LogP contribution < -0.4 is 10.1 Å². The van der Waals surface area contributed by atoms with Gasteiger partial charge >= 0.3 is 0 Å². The lowest BCUT2D eigenvalue weighted by Crippen LogP contribution is -2.35. The van der Waals surface area contributed by atoms with Crippen molar-refractivity contribution in [2.24, 2.45) is 0 Å². The molecular formula is C23H23FN2O4. The van der Waals surface area contributed by atoms with Gasteiger partial charge in [-0.2, -0.15) is 0 Å². The van der Waals surface area contributed by atoms with Gasteiger partial charge in [-0.1, -0.05) is 12.1 Å². The third kappa shape index (κ3) is 5.47. The molecule has 0 spiro atoms. The highest BCUT2D eigenvalue weighted by Gasteiger charge is 2.15. The van der Waals surface area contributed by atoms with Gasteiger partial charge in [0.2, 0.25) is 11.8 Å². The van der Waals surface area contributed by atoms with Crippen molar-refractivity contribution in [3.63, 3.8) is 0 Å². The number of methoxy groups -OCH3 is 1. The van der Waals surface area contributed by atoms with E-state index in [0.29, 0.717) is 34.9 Å². The first-order valence-electron chi connectivity index (χ1n) is 9.47. The third-order valence-corrected chi connectivity index (χ3v) is 4.57. The second kappa shape index (κ2) is 9.73. The average molecular weight is 410 g/mol. The number of furan rings is 1. The lowest BCUT2D eigenvalue weighted by atomic mass is 10.1. The van der Waals surface area contributed by atoms with Crippen molar-refractivity contribution in [1.29, 1.82) is 0 Å². The van der Waals surface area contributed by atoms with E-state index in [1.165, 1.54) is 11.0 Å². The van der Waals surface area contributed by atoms with Crippen LogP contribution in [0.3, 0.4) is 0 Å². The first kappa shape index (κ1) is 21.1. The monoisotopic (exact) mass is 410 g/mol. The number of likely N-dealkylation sites (N-methyl/N-ethyl adjacent to an activating group) is 1. The van der Waals surface area contributed by atoms with Gasteiger partial charge in [-0.15, -0.1) is 0 Å². The van der Waals surface area contributed by atoms with Crippen LogP contribution in [0.4, 0.5) is 10.1 Å². The summed E-state index contributed by atoms with van der Waals surface area (Å²) in [4.78, 5) is 25.9. The van der Waals surface area contributed by atoms with Crippen molar-refractivity contribution in [3.05, 3.63) is 72.2 Å². The van der Waals surface area contributed by atoms with E-state index in [1.807, 2.05) is 0 Å². The van der Waals surface area contributed by atoms with Gasteiger partial charge in [0, 0.05) is 25.6 Å². The number of hydrogen-bond acceptors (Lipinski definition) is 4. The van der Waals surface area contributed by atoms with Crippen LogP contribution in [0.1, 0.15) is 12.2 Å². The second-order valence-corrected chi connectivity index (χ2v) is 6.77. The zero-order valence-corrected chi connectivity index (χ0v) is 16.9. The summed E-state index contributed by atoms with van der Waals surface area (Å²) in [6.07, 6.45) is 0.536. The van der Waals surface area contributed by atoms with E-state index < -0.39 is 0 Å². The molecule has 1 N–H and O–H groups in total. The molecule has 0 aliphatic heterocycles. The molecule has 3 aromatic rings. The summed E-state index contributed by atoms with van der Waals surface area (Å²) < 4.78 is 24.6. The Morgan fingerprint density at radius 3 is 2.50 bits per heavy atom. The molecule has 0 saturated heterocycles. The summed E-state index contributed by atoms with van der Waals surface area (Å²) in [6, 6.07) is 16.7. The number of anilines is 1. The van der Waals surface area contributed by atoms with Crippen LogP contribution in [0.15, 0.2) is 65.1 Å². The molecule has 1 aromatic heterocycles. The molecule has 0 atom stereocenters. The standard InChI is InChI=1S/C23H23FN2O4/c1-26(15-22(27)25-16-7-9-17(29-2)10-8-16)23(28)14-12-18-11-13-21(30-18)19-5-3-4-6-20(19)24/h3-11,13H,12,14-15H2,1-2H3,(H,25,27). The quantitative estimate of drug-likeness (QED) is 0.606. The number of rotatable bonds is 8. The maximum Gasteiger partial charge on any atom is 0.243 e. The maximum absolute atomic E-state index is 13.9. The molecule has 0 radical (unpaired) electrons. The fourth-order valence-electron chi connectivity index (χ4n) is 2.92. The second-order valence-electron chi connectivity index (χ2n) is 6.77. The Hall–Kier alpha value is -3.61. The van der Waals surface area contributed by atoms with Gasteiger partial charge in [0.15, 0.2) is 0 Å². The number of hydrogen-bond donors (Lipinski definition) is 1. The number of ether oxygens (including phenoxy) is 1. The minimum atomic E-state index is -0.364. The van der Waals surface area contributed by atoms with E-state index in [-0.39, 0.29) is 30.6 Å². The zero-order valence-electron chi connectivity index (χ0n) is 16.9. The summed E-state index contributed by atoms with van der Waals surface area (Å²) >= 11 is 0. The Balaban J connectivity index is 1.48. The highest BCUT2D eigenvalue weighted by Crippen LogP contribution is 2.25. The van der Waals surface area contributed by atoms with Crippen molar-refractivity contribution in [2.75, 3.05) is 26.0 Å². The largest absolute Gasteiger partial charge is 0.497 e. The van der Waals surface area contributed by atoms with Gasteiger partial charge in [0.25, 0.3) is 0 Å². The first-order chi connectivity index (χ1) is 14.5. The lowest BCUT2D eigenvalue weighted by Gasteiger charge is -2.16. The molecule has 6 nitrogen and oxygen atoms in total. The van der Waals surface area contributed by atoms with Crippen LogP contribution in [0, 0.1) is 5.82 Å². The van der Waals surface area contributed by atoms with E-state index in [0.717, 1.165) is 0 Å². The molecule has 0 aliphatic carbocycles. The summed E-state index contributed by atoms with van der Waals surface area (Å²) in [5.74, 6) is 0.841. The molecule has 0 aliphatic rings. The van der Waals surface area contributed by atoms with Gasteiger partial charge in [0.1, 0.15) is 23.1 Å². The lowest BCUT2D eigenvalue weighted by molar-refractivity contribution is -0.133. The highest BCUT2D eigenvalue weighted by molar-refractivity contribution is 5.94.